The van der Waals surface area contributed by atoms with Crippen molar-refractivity contribution in [2.45, 2.75) is 19.4 Å². The van der Waals surface area contributed by atoms with Crippen LogP contribution in [0.1, 0.15) is 17.7 Å². The number of nitro benzene ring substituents is 1. The highest BCUT2D eigenvalue weighted by atomic mass is 32.1. The highest BCUT2D eigenvalue weighted by molar-refractivity contribution is 7.07. The number of aromatic nitrogens is 1. The Hall–Kier alpha value is -2.48. The molecule has 1 aromatic heterocycles. The highest BCUT2D eigenvalue weighted by Crippen LogP contribution is 2.34. The molecule has 3 rings (SSSR count). The zero-order valence-electron chi connectivity index (χ0n) is 11.0. The number of thiazole rings is 1. The summed E-state index contributed by atoms with van der Waals surface area (Å²) in [4.78, 5) is 26.2. The maximum Gasteiger partial charge on any atom is 0.294 e. The Kier molecular flexibility index (Phi) is 3.53. The second-order valence-corrected chi connectivity index (χ2v) is 5.38. The molecule has 0 bridgehead atoms. The van der Waals surface area contributed by atoms with Gasteiger partial charge in [-0.25, -0.2) is 4.98 Å². The van der Waals surface area contributed by atoms with Crippen LogP contribution in [0.3, 0.4) is 0 Å². The summed E-state index contributed by atoms with van der Waals surface area (Å²) in [7, 11) is 0. The molecule has 0 unspecified atom stereocenters. The number of amides is 1. The maximum absolute atomic E-state index is 11.4. The topological polar surface area (TPSA) is 97.2 Å². The minimum atomic E-state index is -0.454. The molecule has 0 saturated heterocycles. The van der Waals surface area contributed by atoms with Crippen molar-refractivity contribution in [3.63, 3.8) is 0 Å². The van der Waals surface area contributed by atoms with Crippen molar-refractivity contribution in [1.29, 1.82) is 0 Å². The van der Waals surface area contributed by atoms with E-state index < -0.39 is 4.92 Å². The minimum absolute atomic E-state index is 0.0498. The summed E-state index contributed by atoms with van der Waals surface area (Å²) in [6, 6.07) is 3.15. The van der Waals surface area contributed by atoms with Gasteiger partial charge in [0, 0.05) is 17.9 Å². The summed E-state index contributed by atoms with van der Waals surface area (Å²) < 4.78 is 0. The number of aryl methyl sites for hydroxylation is 1. The number of nitrogens with one attached hydrogen (secondary N) is 2. The minimum Gasteiger partial charge on any atom is -0.374 e. The molecule has 2 heterocycles. The van der Waals surface area contributed by atoms with Gasteiger partial charge in [0.05, 0.1) is 28.4 Å². The van der Waals surface area contributed by atoms with Gasteiger partial charge in [0.2, 0.25) is 5.91 Å². The third kappa shape index (κ3) is 2.84. The fourth-order valence-corrected chi connectivity index (χ4v) is 2.78. The van der Waals surface area contributed by atoms with E-state index in [-0.39, 0.29) is 11.6 Å². The predicted octanol–water partition coefficient (Wildman–Crippen LogP) is 2.55. The van der Waals surface area contributed by atoms with Gasteiger partial charge < -0.3 is 10.6 Å². The second kappa shape index (κ2) is 5.49. The van der Waals surface area contributed by atoms with E-state index in [0.29, 0.717) is 30.8 Å². The third-order valence-corrected chi connectivity index (χ3v) is 3.89. The Labute approximate surface area is 124 Å². The van der Waals surface area contributed by atoms with Gasteiger partial charge in [0.1, 0.15) is 5.69 Å². The van der Waals surface area contributed by atoms with E-state index in [9.17, 15) is 14.9 Å². The second-order valence-electron chi connectivity index (χ2n) is 4.67. The number of hydrogen-bond donors (Lipinski definition) is 2. The summed E-state index contributed by atoms with van der Waals surface area (Å²) in [6.45, 7) is 0.426. The summed E-state index contributed by atoms with van der Waals surface area (Å²) >= 11 is 1.48. The van der Waals surface area contributed by atoms with Gasteiger partial charge >= 0.3 is 0 Å². The summed E-state index contributed by atoms with van der Waals surface area (Å²) in [5.41, 5.74) is 4.38. The molecule has 21 heavy (non-hydrogen) atoms. The lowest BCUT2D eigenvalue weighted by molar-refractivity contribution is -0.383. The Morgan fingerprint density at radius 3 is 3.00 bits per heavy atom. The molecule has 1 aliphatic rings. The number of carbonyl (C=O) groups excluding carboxylic acids is 1. The largest absolute Gasteiger partial charge is 0.374 e. The lowest BCUT2D eigenvalue weighted by Gasteiger charge is -2.18. The van der Waals surface area contributed by atoms with E-state index in [4.69, 9.17) is 0 Å². The van der Waals surface area contributed by atoms with Crippen molar-refractivity contribution in [2.24, 2.45) is 0 Å². The molecular weight excluding hydrogens is 292 g/mol. The van der Waals surface area contributed by atoms with Crippen LogP contribution in [-0.2, 0) is 17.8 Å². The smallest absolute Gasteiger partial charge is 0.294 e. The first-order valence-corrected chi connectivity index (χ1v) is 7.30. The standard InChI is InChI=1S/C13H12N4O3S/c18-13-2-1-8-3-11(14-5-9-6-21-7-15-9)12(17(19)20)4-10(8)16-13/h3-4,6-7,14H,1-2,5H2,(H,16,18). The highest BCUT2D eigenvalue weighted by Gasteiger charge is 2.22. The third-order valence-electron chi connectivity index (χ3n) is 3.26. The first-order chi connectivity index (χ1) is 10.1. The summed E-state index contributed by atoms with van der Waals surface area (Å²) in [6.07, 6.45) is 0.987. The zero-order chi connectivity index (χ0) is 14.8. The van der Waals surface area contributed by atoms with Crippen LogP contribution in [0.2, 0.25) is 0 Å². The summed E-state index contributed by atoms with van der Waals surface area (Å²) in [5.74, 6) is -0.111. The van der Waals surface area contributed by atoms with Crippen LogP contribution in [0.5, 0.6) is 0 Å². The van der Waals surface area contributed by atoms with Crippen molar-refractivity contribution in [2.75, 3.05) is 10.6 Å². The predicted molar refractivity (Wildman–Crippen MR) is 79.5 cm³/mol. The Balaban J connectivity index is 1.91. The molecule has 0 saturated carbocycles. The fraction of sp³-hybridized carbons (Fsp3) is 0.231. The van der Waals surface area contributed by atoms with Gasteiger partial charge in [-0.3, -0.25) is 14.9 Å². The van der Waals surface area contributed by atoms with E-state index in [1.807, 2.05) is 5.38 Å². The van der Waals surface area contributed by atoms with E-state index in [2.05, 4.69) is 15.6 Å². The Morgan fingerprint density at radius 2 is 2.29 bits per heavy atom. The normalized spacial score (nSPS) is 13.4. The van der Waals surface area contributed by atoms with Gasteiger partial charge in [0.25, 0.3) is 5.69 Å². The quantitative estimate of drug-likeness (QED) is 0.668. The van der Waals surface area contributed by atoms with E-state index in [1.54, 1.807) is 11.6 Å². The van der Waals surface area contributed by atoms with Gasteiger partial charge in [-0.2, -0.15) is 0 Å². The molecule has 0 fully saturated rings. The molecule has 2 N–H and O–H groups in total. The number of hydrogen-bond acceptors (Lipinski definition) is 6. The lowest BCUT2D eigenvalue weighted by Crippen LogP contribution is -2.19. The van der Waals surface area contributed by atoms with Crippen LogP contribution in [-0.4, -0.2) is 15.8 Å². The molecule has 2 aromatic rings. The molecule has 0 radical (unpaired) electrons. The van der Waals surface area contributed by atoms with Gasteiger partial charge in [0.15, 0.2) is 0 Å². The molecular formula is C13H12N4O3S. The molecule has 1 aliphatic heterocycles. The maximum atomic E-state index is 11.4. The molecule has 1 aromatic carbocycles. The molecule has 0 atom stereocenters. The van der Waals surface area contributed by atoms with Crippen molar-refractivity contribution < 1.29 is 9.72 Å². The molecule has 108 valence electrons. The Bertz CT molecular complexity index is 700. The van der Waals surface area contributed by atoms with Crippen LogP contribution < -0.4 is 10.6 Å². The molecule has 0 spiro atoms. The van der Waals surface area contributed by atoms with Gasteiger partial charge in [-0.1, -0.05) is 0 Å². The fourth-order valence-electron chi connectivity index (χ4n) is 2.22. The average Bonchev–Trinajstić information content (AvgIpc) is 2.97. The van der Waals surface area contributed by atoms with Crippen LogP contribution in [0.15, 0.2) is 23.0 Å². The molecule has 0 aliphatic carbocycles. The number of benzene rings is 1. The van der Waals surface area contributed by atoms with Crippen LogP contribution in [0, 0.1) is 10.1 Å². The Morgan fingerprint density at radius 1 is 1.43 bits per heavy atom. The molecule has 8 heteroatoms. The van der Waals surface area contributed by atoms with E-state index >= 15 is 0 Å². The van der Waals surface area contributed by atoms with Crippen LogP contribution in [0.25, 0.3) is 0 Å². The number of rotatable bonds is 4. The summed E-state index contributed by atoms with van der Waals surface area (Å²) in [5, 5.41) is 18.8. The van der Waals surface area contributed by atoms with Crippen molar-refractivity contribution in [3.05, 3.63) is 44.4 Å². The zero-order valence-corrected chi connectivity index (χ0v) is 11.8. The SMILES string of the molecule is O=C1CCc2cc(NCc3cscn3)c([N+](=O)[O-])cc2N1. The number of nitrogens with zero attached hydrogens (tertiary/aromatic N) is 2. The average molecular weight is 304 g/mol. The monoisotopic (exact) mass is 304 g/mol. The number of fused-ring (bicyclic) bond motifs is 1. The van der Waals surface area contributed by atoms with Crippen LogP contribution in [0.4, 0.5) is 17.1 Å². The molecule has 7 nitrogen and oxygen atoms in total. The van der Waals surface area contributed by atoms with Crippen LogP contribution >= 0.6 is 11.3 Å². The van der Waals surface area contributed by atoms with E-state index in [0.717, 1.165) is 11.3 Å². The number of nitro groups is 1. The first-order valence-electron chi connectivity index (χ1n) is 6.35. The molecule has 1 amide bonds. The first kappa shape index (κ1) is 13.5. The van der Waals surface area contributed by atoms with Gasteiger partial charge in [-0.05, 0) is 18.1 Å². The number of anilines is 2. The number of carbonyl (C=O) groups is 1. The van der Waals surface area contributed by atoms with Crippen molar-refractivity contribution in [1.82, 2.24) is 4.98 Å². The van der Waals surface area contributed by atoms with Crippen molar-refractivity contribution in [3.8, 4) is 0 Å². The van der Waals surface area contributed by atoms with E-state index in [1.165, 1.54) is 17.4 Å². The lowest BCUT2D eigenvalue weighted by atomic mass is 10.0. The van der Waals surface area contributed by atoms with Gasteiger partial charge in [-0.15, -0.1) is 11.3 Å². The van der Waals surface area contributed by atoms with Crippen molar-refractivity contribution >= 4 is 34.3 Å².